The number of rotatable bonds is 4. The molecule has 0 saturated heterocycles. The predicted molar refractivity (Wildman–Crippen MR) is 102 cm³/mol. The van der Waals surface area contributed by atoms with Gasteiger partial charge in [-0.1, -0.05) is 37.3 Å². The van der Waals surface area contributed by atoms with Crippen LogP contribution in [-0.4, -0.2) is 33.2 Å². The number of amides is 1. The van der Waals surface area contributed by atoms with E-state index in [2.05, 4.69) is 5.32 Å². The van der Waals surface area contributed by atoms with Gasteiger partial charge in [-0.05, 0) is 30.2 Å². The minimum absolute atomic E-state index is 0.184. The molecule has 2 aromatic rings. The number of nitrogens with one attached hydrogen (secondary N) is 1. The van der Waals surface area contributed by atoms with Crippen LogP contribution in [0.25, 0.3) is 0 Å². The first-order chi connectivity index (χ1) is 12.4. The van der Waals surface area contributed by atoms with Gasteiger partial charge in [0.1, 0.15) is 5.75 Å². The fourth-order valence-corrected chi connectivity index (χ4v) is 3.97. The Kier molecular flexibility index (Phi) is 5.18. The first-order valence-electron chi connectivity index (χ1n) is 8.52. The topological polar surface area (TPSA) is 75.7 Å². The molecule has 3 rings (SSSR count). The minimum Gasteiger partial charge on any atom is -0.478 e. The lowest BCUT2D eigenvalue weighted by atomic mass is 10.1. The average Bonchev–Trinajstić information content (AvgIpc) is 2.81. The van der Waals surface area contributed by atoms with E-state index in [1.807, 2.05) is 31.2 Å². The van der Waals surface area contributed by atoms with Crippen molar-refractivity contribution in [3.05, 3.63) is 54.1 Å². The summed E-state index contributed by atoms with van der Waals surface area (Å²) in [5, 5.41) is 2.91. The van der Waals surface area contributed by atoms with Crippen LogP contribution in [0.5, 0.6) is 5.75 Å². The van der Waals surface area contributed by atoms with Crippen molar-refractivity contribution in [2.75, 3.05) is 22.4 Å². The number of aryl methyl sites for hydroxylation is 1. The van der Waals surface area contributed by atoms with Gasteiger partial charge in [0.25, 0.3) is 5.91 Å². The Labute approximate surface area is 153 Å². The van der Waals surface area contributed by atoms with Gasteiger partial charge >= 0.3 is 0 Å². The van der Waals surface area contributed by atoms with E-state index in [9.17, 15) is 13.2 Å². The van der Waals surface area contributed by atoms with E-state index in [0.29, 0.717) is 11.4 Å². The van der Waals surface area contributed by atoms with Gasteiger partial charge in [-0.25, -0.2) is 8.42 Å². The molecule has 1 amide bonds. The SMILES string of the molecule is CCc1ccccc1NC(=O)[C@H]1CCN(S(C)(=O)=O)c2ccccc2O1. The lowest BCUT2D eigenvalue weighted by molar-refractivity contribution is -0.122. The zero-order valence-corrected chi connectivity index (χ0v) is 15.6. The molecular formula is C19H22N2O4S. The summed E-state index contributed by atoms with van der Waals surface area (Å²) in [6, 6.07) is 14.5. The highest BCUT2D eigenvalue weighted by Gasteiger charge is 2.31. The summed E-state index contributed by atoms with van der Waals surface area (Å²) in [5.41, 5.74) is 2.24. The molecule has 26 heavy (non-hydrogen) atoms. The number of para-hydroxylation sites is 3. The van der Waals surface area contributed by atoms with Gasteiger partial charge in [-0.15, -0.1) is 0 Å². The Morgan fingerprint density at radius 2 is 1.88 bits per heavy atom. The summed E-state index contributed by atoms with van der Waals surface area (Å²) < 4.78 is 31.4. The average molecular weight is 374 g/mol. The highest BCUT2D eigenvalue weighted by atomic mass is 32.2. The summed E-state index contributed by atoms with van der Waals surface area (Å²) in [7, 11) is -3.46. The molecule has 0 saturated carbocycles. The van der Waals surface area contributed by atoms with Gasteiger partial charge in [0.2, 0.25) is 10.0 Å². The summed E-state index contributed by atoms with van der Waals surface area (Å²) >= 11 is 0. The van der Waals surface area contributed by atoms with E-state index in [-0.39, 0.29) is 18.9 Å². The number of carbonyl (C=O) groups is 1. The van der Waals surface area contributed by atoms with Crippen LogP contribution in [0.1, 0.15) is 18.9 Å². The van der Waals surface area contributed by atoms with Crippen LogP contribution in [0.3, 0.4) is 0 Å². The maximum absolute atomic E-state index is 12.8. The van der Waals surface area contributed by atoms with Crippen molar-refractivity contribution in [3.8, 4) is 5.75 Å². The van der Waals surface area contributed by atoms with Crippen molar-refractivity contribution in [1.29, 1.82) is 0 Å². The van der Waals surface area contributed by atoms with E-state index in [4.69, 9.17) is 4.74 Å². The van der Waals surface area contributed by atoms with Gasteiger partial charge in [0.05, 0.1) is 11.9 Å². The lowest BCUT2D eigenvalue weighted by Crippen LogP contribution is -2.36. The van der Waals surface area contributed by atoms with Crippen LogP contribution in [0.4, 0.5) is 11.4 Å². The molecule has 0 fully saturated rings. The van der Waals surface area contributed by atoms with Gasteiger partial charge in [0.15, 0.2) is 6.10 Å². The molecule has 1 aliphatic heterocycles. The summed E-state index contributed by atoms with van der Waals surface area (Å²) in [6.45, 7) is 2.21. The first-order valence-corrected chi connectivity index (χ1v) is 10.4. The Morgan fingerprint density at radius 1 is 1.19 bits per heavy atom. The van der Waals surface area contributed by atoms with Gasteiger partial charge in [-0.3, -0.25) is 9.10 Å². The van der Waals surface area contributed by atoms with Crippen molar-refractivity contribution in [2.24, 2.45) is 0 Å². The molecule has 0 bridgehead atoms. The molecule has 0 unspecified atom stereocenters. The zero-order chi connectivity index (χ0) is 18.7. The number of anilines is 2. The zero-order valence-electron chi connectivity index (χ0n) is 14.8. The van der Waals surface area contributed by atoms with Gasteiger partial charge in [-0.2, -0.15) is 0 Å². The van der Waals surface area contributed by atoms with Crippen molar-refractivity contribution in [3.63, 3.8) is 0 Å². The number of sulfonamides is 1. The molecule has 0 aliphatic carbocycles. The Morgan fingerprint density at radius 3 is 2.62 bits per heavy atom. The molecule has 1 atom stereocenters. The standard InChI is InChI=1S/C19H22N2O4S/c1-3-14-8-4-5-9-15(14)20-19(22)18-12-13-21(26(2,23)24)16-10-6-7-11-17(16)25-18/h4-11,18H,3,12-13H2,1-2H3,(H,20,22)/t18-/m1/s1. The fraction of sp³-hybridized carbons (Fsp3) is 0.316. The molecule has 138 valence electrons. The number of ether oxygens (including phenoxy) is 1. The third-order valence-electron chi connectivity index (χ3n) is 4.35. The van der Waals surface area contributed by atoms with E-state index >= 15 is 0 Å². The highest BCUT2D eigenvalue weighted by molar-refractivity contribution is 7.92. The number of benzene rings is 2. The maximum Gasteiger partial charge on any atom is 0.265 e. The van der Waals surface area contributed by atoms with Crippen LogP contribution in [0.15, 0.2) is 48.5 Å². The van der Waals surface area contributed by atoms with Crippen LogP contribution in [0, 0.1) is 0 Å². The van der Waals surface area contributed by atoms with Crippen LogP contribution in [0.2, 0.25) is 0 Å². The van der Waals surface area contributed by atoms with E-state index < -0.39 is 16.1 Å². The normalized spacial score (nSPS) is 17.0. The number of carbonyl (C=O) groups excluding carboxylic acids is 1. The van der Waals surface area contributed by atoms with E-state index in [1.54, 1.807) is 24.3 Å². The largest absolute Gasteiger partial charge is 0.478 e. The van der Waals surface area contributed by atoms with Crippen LogP contribution >= 0.6 is 0 Å². The van der Waals surface area contributed by atoms with E-state index in [1.165, 1.54) is 4.31 Å². The molecule has 0 radical (unpaired) electrons. The fourth-order valence-electron chi connectivity index (χ4n) is 3.02. The molecule has 1 N–H and O–H groups in total. The van der Waals surface area contributed by atoms with Crippen LogP contribution < -0.4 is 14.4 Å². The number of hydrogen-bond acceptors (Lipinski definition) is 4. The van der Waals surface area contributed by atoms with Crippen molar-refractivity contribution in [1.82, 2.24) is 0 Å². The maximum atomic E-state index is 12.8. The van der Waals surface area contributed by atoms with Gasteiger partial charge in [0, 0.05) is 18.7 Å². The molecule has 1 heterocycles. The number of nitrogens with zero attached hydrogens (tertiary/aromatic N) is 1. The summed E-state index contributed by atoms with van der Waals surface area (Å²) in [6.07, 6.45) is 1.45. The predicted octanol–water partition coefficient (Wildman–Crippen LogP) is 2.80. The lowest BCUT2D eigenvalue weighted by Gasteiger charge is -2.20. The van der Waals surface area contributed by atoms with E-state index in [0.717, 1.165) is 23.9 Å². The third-order valence-corrected chi connectivity index (χ3v) is 5.53. The van der Waals surface area contributed by atoms with Crippen molar-refractivity contribution in [2.45, 2.75) is 25.9 Å². The molecule has 2 aromatic carbocycles. The third kappa shape index (κ3) is 3.83. The second kappa shape index (κ2) is 7.37. The van der Waals surface area contributed by atoms with Gasteiger partial charge < -0.3 is 10.1 Å². The molecular weight excluding hydrogens is 352 g/mol. The Hall–Kier alpha value is -2.54. The molecule has 1 aliphatic rings. The van der Waals surface area contributed by atoms with Crippen LogP contribution in [-0.2, 0) is 21.2 Å². The van der Waals surface area contributed by atoms with Crippen molar-refractivity contribution >= 4 is 27.3 Å². The second-order valence-corrected chi connectivity index (χ2v) is 8.10. The molecule has 0 aromatic heterocycles. The quantitative estimate of drug-likeness (QED) is 0.893. The summed E-state index contributed by atoms with van der Waals surface area (Å²) in [4.78, 5) is 12.8. The minimum atomic E-state index is -3.46. The molecule has 0 spiro atoms. The van der Waals surface area contributed by atoms with Crippen molar-refractivity contribution < 1.29 is 17.9 Å². The highest BCUT2D eigenvalue weighted by Crippen LogP contribution is 2.34. The Bertz CT molecular complexity index is 911. The number of fused-ring (bicyclic) bond motifs is 1. The summed E-state index contributed by atoms with van der Waals surface area (Å²) in [5.74, 6) is 0.107. The second-order valence-electron chi connectivity index (χ2n) is 6.20. The first kappa shape index (κ1) is 18.3. The number of hydrogen-bond donors (Lipinski definition) is 1. The molecule has 7 heteroatoms. The smallest absolute Gasteiger partial charge is 0.265 e. The monoisotopic (exact) mass is 374 g/mol. The Balaban J connectivity index is 1.86. The molecule has 6 nitrogen and oxygen atoms in total.